The molecule has 1 unspecified atom stereocenters. The molecule has 30 heavy (non-hydrogen) atoms. The van der Waals surface area contributed by atoms with Gasteiger partial charge in [0.2, 0.25) is 10.0 Å². The minimum Gasteiger partial charge on any atom is -0.481 e. The second-order valence-electron chi connectivity index (χ2n) is 6.94. The van der Waals surface area contributed by atoms with Crippen molar-refractivity contribution in [3.8, 4) is 17.6 Å². The number of hydrogen-bond donors (Lipinski definition) is 0. The SMILES string of the molecule is CC#CCOc1ccc(S(=O)(=O)N2CC(CN=[N+]=[N-])SC(C)(C)[C@@H]2C(=O)OC)cc1. The number of carbonyl (C=O) groups excluding carboxylic acids is 1. The largest absolute Gasteiger partial charge is 0.481 e. The fraction of sp³-hybridized carbons (Fsp3) is 0.526. The highest BCUT2D eigenvalue weighted by molar-refractivity contribution is 8.01. The van der Waals surface area contributed by atoms with E-state index in [0.717, 1.165) is 4.31 Å². The van der Waals surface area contributed by atoms with Crippen molar-refractivity contribution in [2.24, 2.45) is 5.11 Å². The van der Waals surface area contributed by atoms with E-state index in [1.165, 1.54) is 31.0 Å². The molecule has 1 aliphatic heterocycles. The Morgan fingerprint density at radius 2 is 2.07 bits per heavy atom. The molecule has 0 bridgehead atoms. The number of carbonyl (C=O) groups is 1. The zero-order valence-corrected chi connectivity index (χ0v) is 18.9. The van der Waals surface area contributed by atoms with Crippen molar-refractivity contribution in [3.05, 3.63) is 34.7 Å². The summed E-state index contributed by atoms with van der Waals surface area (Å²) in [6.45, 7) is 5.57. The summed E-state index contributed by atoms with van der Waals surface area (Å²) in [5.74, 6) is 5.31. The first-order chi connectivity index (χ1) is 14.2. The third-order valence-electron chi connectivity index (χ3n) is 4.49. The minimum absolute atomic E-state index is 0.0134. The van der Waals surface area contributed by atoms with Crippen LogP contribution in [0.4, 0.5) is 0 Å². The van der Waals surface area contributed by atoms with Crippen molar-refractivity contribution in [3.63, 3.8) is 0 Å². The lowest BCUT2D eigenvalue weighted by Crippen LogP contribution is -2.61. The molecule has 0 aromatic heterocycles. The molecule has 9 nitrogen and oxygen atoms in total. The van der Waals surface area contributed by atoms with Crippen LogP contribution in [0.3, 0.4) is 0 Å². The summed E-state index contributed by atoms with van der Waals surface area (Å²) in [5, 5.41) is 3.28. The van der Waals surface area contributed by atoms with Gasteiger partial charge >= 0.3 is 5.97 Å². The average Bonchev–Trinajstić information content (AvgIpc) is 2.71. The first-order valence-corrected chi connectivity index (χ1v) is 11.4. The Hall–Kier alpha value is -2.38. The monoisotopic (exact) mass is 452 g/mol. The Morgan fingerprint density at radius 3 is 2.63 bits per heavy atom. The summed E-state index contributed by atoms with van der Waals surface area (Å²) < 4.78 is 37.6. The molecule has 1 saturated heterocycles. The van der Waals surface area contributed by atoms with Gasteiger partial charge in [0, 0.05) is 28.0 Å². The standard InChI is InChI=1S/C19H24N4O5S2/c1-5-6-11-28-14-7-9-16(10-8-14)30(25,26)23-13-15(12-21-22-20)29-19(2,3)17(23)18(24)27-4/h7-10,15,17H,11-13H2,1-4H3/t15?,17-/m0/s1. The third-order valence-corrected chi connectivity index (χ3v) is 7.80. The number of azide groups is 1. The van der Waals surface area contributed by atoms with Crippen molar-refractivity contribution in [2.45, 2.75) is 41.7 Å². The van der Waals surface area contributed by atoms with Crippen LogP contribution >= 0.6 is 11.8 Å². The molecule has 0 spiro atoms. The third kappa shape index (κ3) is 5.40. The van der Waals surface area contributed by atoms with Crippen molar-refractivity contribution in [2.75, 3.05) is 26.8 Å². The van der Waals surface area contributed by atoms with E-state index in [0.29, 0.717) is 5.75 Å². The molecule has 11 heteroatoms. The first-order valence-electron chi connectivity index (χ1n) is 9.08. The molecule has 2 atom stereocenters. The van der Waals surface area contributed by atoms with E-state index in [1.54, 1.807) is 32.9 Å². The molecule has 0 amide bonds. The number of benzene rings is 1. The van der Waals surface area contributed by atoms with Crippen LogP contribution in [0.1, 0.15) is 20.8 Å². The first kappa shape index (κ1) is 23.9. The van der Waals surface area contributed by atoms with Gasteiger partial charge in [-0.05, 0) is 50.6 Å². The zero-order chi connectivity index (χ0) is 22.4. The molecule has 1 aromatic rings. The zero-order valence-electron chi connectivity index (χ0n) is 17.2. The Labute approximate surface area is 180 Å². The van der Waals surface area contributed by atoms with E-state index >= 15 is 0 Å². The molecule has 0 N–H and O–H groups in total. The van der Waals surface area contributed by atoms with Gasteiger partial charge in [-0.25, -0.2) is 8.42 Å². The smallest absolute Gasteiger partial charge is 0.325 e. The number of nitrogens with zero attached hydrogens (tertiary/aromatic N) is 4. The van der Waals surface area contributed by atoms with Gasteiger partial charge in [0.05, 0.1) is 12.0 Å². The Balaban J connectivity index is 2.41. The van der Waals surface area contributed by atoms with E-state index in [9.17, 15) is 13.2 Å². The van der Waals surface area contributed by atoms with E-state index in [1.807, 2.05) is 0 Å². The van der Waals surface area contributed by atoms with Gasteiger partial charge in [-0.2, -0.15) is 4.31 Å². The lowest BCUT2D eigenvalue weighted by Gasteiger charge is -2.46. The van der Waals surface area contributed by atoms with Crippen molar-refractivity contribution < 1.29 is 22.7 Å². The van der Waals surface area contributed by atoms with E-state index in [2.05, 4.69) is 21.9 Å². The predicted molar refractivity (Wildman–Crippen MR) is 115 cm³/mol. The molecular weight excluding hydrogens is 428 g/mol. The van der Waals surface area contributed by atoms with Crippen LogP contribution in [0.5, 0.6) is 5.75 Å². The Kier molecular flexibility index (Phi) is 8.03. The molecular formula is C19H24N4O5S2. The molecule has 1 aromatic carbocycles. The highest BCUT2D eigenvalue weighted by Gasteiger charge is 2.51. The molecule has 0 aliphatic carbocycles. The summed E-state index contributed by atoms with van der Waals surface area (Å²) in [6, 6.07) is 4.90. The maximum absolute atomic E-state index is 13.4. The molecule has 2 rings (SSSR count). The van der Waals surface area contributed by atoms with Gasteiger partial charge < -0.3 is 9.47 Å². The van der Waals surface area contributed by atoms with Crippen LogP contribution in [0.2, 0.25) is 0 Å². The number of rotatable bonds is 7. The number of methoxy groups -OCH3 is 1. The number of thioether (sulfide) groups is 1. The van der Waals surface area contributed by atoms with Gasteiger partial charge in [0.1, 0.15) is 18.4 Å². The van der Waals surface area contributed by atoms with Gasteiger partial charge in [-0.15, -0.1) is 17.7 Å². The maximum atomic E-state index is 13.4. The fourth-order valence-corrected chi connectivity index (χ4v) is 6.69. The van der Waals surface area contributed by atoms with Crippen LogP contribution in [-0.2, 0) is 19.6 Å². The summed E-state index contributed by atoms with van der Waals surface area (Å²) in [7, 11) is -2.81. The highest BCUT2D eigenvalue weighted by atomic mass is 32.2. The van der Waals surface area contributed by atoms with Gasteiger partial charge in [0.25, 0.3) is 0 Å². The fourth-order valence-electron chi connectivity index (χ4n) is 3.19. The van der Waals surface area contributed by atoms with Crippen molar-refractivity contribution >= 4 is 27.8 Å². The molecule has 0 saturated carbocycles. The van der Waals surface area contributed by atoms with E-state index in [4.69, 9.17) is 15.0 Å². The molecule has 1 fully saturated rings. The summed E-state index contributed by atoms with van der Waals surface area (Å²) in [6.07, 6.45) is 0. The van der Waals surface area contributed by atoms with Crippen LogP contribution in [-0.4, -0.2) is 61.5 Å². The second kappa shape index (κ2) is 10.1. The summed E-state index contributed by atoms with van der Waals surface area (Å²) >= 11 is 1.40. The Bertz CT molecular complexity index is 976. The lowest BCUT2D eigenvalue weighted by atomic mass is 10.0. The summed E-state index contributed by atoms with van der Waals surface area (Å²) in [4.78, 5) is 15.3. The van der Waals surface area contributed by atoms with Crippen molar-refractivity contribution in [1.82, 2.24) is 4.31 Å². The predicted octanol–water partition coefficient (Wildman–Crippen LogP) is 2.83. The maximum Gasteiger partial charge on any atom is 0.325 e. The van der Waals surface area contributed by atoms with Gasteiger partial charge in [0.15, 0.2) is 0 Å². The van der Waals surface area contributed by atoms with E-state index in [-0.39, 0.29) is 29.8 Å². The summed E-state index contributed by atoms with van der Waals surface area (Å²) in [5.41, 5.74) is 8.64. The Morgan fingerprint density at radius 1 is 1.40 bits per heavy atom. The number of esters is 1. The van der Waals surface area contributed by atoms with Crippen LogP contribution in [0, 0.1) is 11.8 Å². The minimum atomic E-state index is -4.04. The molecule has 162 valence electrons. The number of sulfonamides is 1. The molecule has 1 heterocycles. The van der Waals surface area contributed by atoms with E-state index < -0.39 is 26.8 Å². The van der Waals surface area contributed by atoms with Gasteiger partial charge in [-0.3, -0.25) is 4.79 Å². The van der Waals surface area contributed by atoms with Crippen LogP contribution in [0.25, 0.3) is 10.4 Å². The molecule has 1 aliphatic rings. The number of hydrogen-bond acceptors (Lipinski definition) is 7. The van der Waals surface area contributed by atoms with Crippen LogP contribution in [0.15, 0.2) is 34.3 Å². The van der Waals surface area contributed by atoms with Gasteiger partial charge in [-0.1, -0.05) is 11.0 Å². The highest BCUT2D eigenvalue weighted by Crippen LogP contribution is 2.42. The quantitative estimate of drug-likeness (QED) is 0.206. The number of ether oxygens (including phenoxy) is 2. The second-order valence-corrected chi connectivity index (χ2v) is 10.8. The average molecular weight is 453 g/mol. The molecule has 0 radical (unpaired) electrons. The lowest BCUT2D eigenvalue weighted by molar-refractivity contribution is -0.146. The topological polar surface area (TPSA) is 122 Å². The van der Waals surface area contributed by atoms with Crippen LogP contribution < -0.4 is 4.74 Å². The van der Waals surface area contributed by atoms with Crippen molar-refractivity contribution in [1.29, 1.82) is 0 Å². The normalized spacial score (nSPS) is 20.9.